The van der Waals surface area contributed by atoms with Gasteiger partial charge in [0.25, 0.3) is 5.22 Å². The van der Waals surface area contributed by atoms with Crippen LogP contribution in [0.5, 0.6) is 0 Å². The molecule has 2 unspecified atom stereocenters. The molecule has 1 saturated carbocycles. The standard InChI is InChI=1S/C11H19N3OS/c1-2-8-4-3-5-9(6-8)16-11-14-13-10(7-12)15-11/h8-9H,2-7,12H2,1H3. The topological polar surface area (TPSA) is 64.9 Å². The Labute approximate surface area is 100 Å². The predicted octanol–water partition coefficient (Wildman–Crippen LogP) is 2.59. The fraction of sp³-hybridized carbons (Fsp3) is 0.818. The molecular formula is C11H19N3OS. The summed E-state index contributed by atoms with van der Waals surface area (Å²) in [6.07, 6.45) is 6.54. The van der Waals surface area contributed by atoms with Gasteiger partial charge >= 0.3 is 0 Å². The third kappa shape index (κ3) is 2.98. The Kier molecular flexibility index (Phi) is 4.23. The molecule has 16 heavy (non-hydrogen) atoms. The highest BCUT2D eigenvalue weighted by molar-refractivity contribution is 7.99. The fourth-order valence-corrected chi connectivity index (χ4v) is 3.40. The molecule has 0 aliphatic heterocycles. The summed E-state index contributed by atoms with van der Waals surface area (Å²) >= 11 is 1.72. The zero-order valence-electron chi connectivity index (χ0n) is 9.69. The van der Waals surface area contributed by atoms with Crippen molar-refractivity contribution in [1.82, 2.24) is 10.2 Å². The van der Waals surface area contributed by atoms with E-state index < -0.39 is 0 Å². The Balaban J connectivity index is 1.88. The smallest absolute Gasteiger partial charge is 0.276 e. The first-order valence-corrected chi connectivity index (χ1v) is 6.89. The lowest BCUT2D eigenvalue weighted by Crippen LogP contribution is -2.16. The van der Waals surface area contributed by atoms with Crippen molar-refractivity contribution >= 4 is 11.8 Å². The van der Waals surface area contributed by atoms with E-state index in [9.17, 15) is 0 Å². The van der Waals surface area contributed by atoms with Crippen LogP contribution in [0.4, 0.5) is 0 Å². The molecule has 0 bridgehead atoms. The maximum absolute atomic E-state index is 5.43. The first-order chi connectivity index (χ1) is 7.81. The average molecular weight is 241 g/mol. The minimum atomic E-state index is 0.329. The largest absolute Gasteiger partial charge is 0.415 e. The van der Waals surface area contributed by atoms with Crippen molar-refractivity contribution in [2.75, 3.05) is 0 Å². The molecule has 2 rings (SSSR count). The minimum Gasteiger partial charge on any atom is -0.415 e. The van der Waals surface area contributed by atoms with Gasteiger partial charge in [-0.1, -0.05) is 37.9 Å². The molecule has 0 aromatic carbocycles. The number of thioether (sulfide) groups is 1. The Bertz CT molecular complexity index is 329. The summed E-state index contributed by atoms with van der Waals surface area (Å²) < 4.78 is 5.42. The van der Waals surface area contributed by atoms with Crippen LogP contribution in [-0.2, 0) is 6.54 Å². The van der Waals surface area contributed by atoms with Gasteiger partial charge in [0.1, 0.15) is 0 Å². The number of rotatable bonds is 4. The molecule has 1 fully saturated rings. The van der Waals surface area contributed by atoms with Crippen LogP contribution in [0, 0.1) is 5.92 Å². The van der Waals surface area contributed by atoms with Crippen molar-refractivity contribution in [2.45, 2.75) is 56.0 Å². The van der Waals surface area contributed by atoms with Gasteiger partial charge < -0.3 is 10.2 Å². The number of nitrogens with zero attached hydrogens (tertiary/aromatic N) is 2. The second-order valence-electron chi connectivity index (χ2n) is 4.35. The van der Waals surface area contributed by atoms with E-state index in [-0.39, 0.29) is 0 Å². The van der Waals surface area contributed by atoms with Crippen LogP contribution >= 0.6 is 11.8 Å². The molecule has 1 heterocycles. The molecule has 1 aliphatic carbocycles. The lowest BCUT2D eigenvalue weighted by Gasteiger charge is -2.26. The molecule has 0 saturated heterocycles. The molecule has 1 aliphatic rings. The summed E-state index contributed by atoms with van der Waals surface area (Å²) in [5, 5.41) is 9.20. The number of aromatic nitrogens is 2. The zero-order chi connectivity index (χ0) is 11.4. The number of hydrogen-bond acceptors (Lipinski definition) is 5. The lowest BCUT2D eigenvalue weighted by molar-refractivity contribution is 0.353. The van der Waals surface area contributed by atoms with Gasteiger partial charge in [0.15, 0.2) is 0 Å². The average Bonchev–Trinajstić information content (AvgIpc) is 2.77. The van der Waals surface area contributed by atoms with Gasteiger partial charge in [-0.2, -0.15) is 0 Å². The molecule has 1 aromatic rings. The summed E-state index contributed by atoms with van der Waals surface area (Å²) in [5.74, 6) is 1.41. The van der Waals surface area contributed by atoms with Gasteiger partial charge in [0, 0.05) is 5.25 Å². The van der Waals surface area contributed by atoms with Crippen LogP contribution in [-0.4, -0.2) is 15.4 Å². The van der Waals surface area contributed by atoms with Crippen molar-refractivity contribution in [1.29, 1.82) is 0 Å². The van der Waals surface area contributed by atoms with Gasteiger partial charge in [-0.3, -0.25) is 0 Å². The van der Waals surface area contributed by atoms with E-state index in [0.29, 0.717) is 22.9 Å². The highest BCUT2D eigenvalue weighted by atomic mass is 32.2. The molecule has 90 valence electrons. The number of nitrogens with two attached hydrogens (primary N) is 1. The maximum Gasteiger partial charge on any atom is 0.276 e. The van der Waals surface area contributed by atoms with Gasteiger partial charge in [0.05, 0.1) is 6.54 Å². The van der Waals surface area contributed by atoms with Crippen LogP contribution in [0.25, 0.3) is 0 Å². The quantitative estimate of drug-likeness (QED) is 0.877. The van der Waals surface area contributed by atoms with Crippen molar-refractivity contribution in [3.8, 4) is 0 Å². The molecule has 2 atom stereocenters. The van der Waals surface area contributed by atoms with Crippen molar-refractivity contribution in [2.24, 2.45) is 11.7 Å². The van der Waals surface area contributed by atoms with E-state index in [4.69, 9.17) is 10.2 Å². The van der Waals surface area contributed by atoms with E-state index >= 15 is 0 Å². The Morgan fingerprint density at radius 1 is 1.44 bits per heavy atom. The molecule has 4 nitrogen and oxygen atoms in total. The van der Waals surface area contributed by atoms with Gasteiger partial charge in [0.2, 0.25) is 5.89 Å². The Hall–Kier alpha value is -0.550. The summed E-state index contributed by atoms with van der Waals surface area (Å²) in [5.41, 5.74) is 5.43. The normalized spacial score (nSPS) is 25.9. The van der Waals surface area contributed by atoms with Crippen LogP contribution in [0.2, 0.25) is 0 Å². The fourth-order valence-electron chi connectivity index (χ4n) is 2.23. The minimum absolute atomic E-state index is 0.329. The van der Waals surface area contributed by atoms with Crippen molar-refractivity contribution in [3.63, 3.8) is 0 Å². The zero-order valence-corrected chi connectivity index (χ0v) is 10.5. The molecule has 2 N–H and O–H groups in total. The molecule has 0 amide bonds. The van der Waals surface area contributed by atoms with Crippen molar-refractivity contribution < 1.29 is 4.42 Å². The first-order valence-electron chi connectivity index (χ1n) is 6.01. The van der Waals surface area contributed by atoms with E-state index in [1.54, 1.807) is 11.8 Å². The molecule has 5 heteroatoms. The lowest BCUT2D eigenvalue weighted by atomic mass is 9.87. The number of hydrogen-bond donors (Lipinski definition) is 1. The third-order valence-corrected chi connectivity index (χ3v) is 4.33. The summed E-state index contributed by atoms with van der Waals surface area (Å²) in [4.78, 5) is 0. The molecular weight excluding hydrogens is 222 g/mol. The SMILES string of the molecule is CCC1CCCC(Sc2nnc(CN)o2)C1. The van der Waals surface area contributed by atoms with Crippen LogP contribution in [0.3, 0.4) is 0 Å². The Morgan fingerprint density at radius 2 is 2.31 bits per heavy atom. The molecule has 1 aromatic heterocycles. The predicted molar refractivity (Wildman–Crippen MR) is 64.1 cm³/mol. The van der Waals surface area contributed by atoms with E-state index in [1.165, 1.54) is 32.1 Å². The van der Waals surface area contributed by atoms with Crippen LogP contribution < -0.4 is 5.73 Å². The van der Waals surface area contributed by atoms with Crippen LogP contribution in [0.1, 0.15) is 44.9 Å². The van der Waals surface area contributed by atoms with E-state index in [2.05, 4.69) is 17.1 Å². The summed E-state index contributed by atoms with van der Waals surface area (Å²) in [7, 11) is 0. The maximum atomic E-state index is 5.43. The van der Waals surface area contributed by atoms with Crippen molar-refractivity contribution in [3.05, 3.63) is 5.89 Å². The highest BCUT2D eigenvalue weighted by Crippen LogP contribution is 2.36. The molecule has 0 spiro atoms. The highest BCUT2D eigenvalue weighted by Gasteiger charge is 2.23. The van der Waals surface area contributed by atoms with Crippen LogP contribution in [0.15, 0.2) is 9.64 Å². The molecule has 0 radical (unpaired) electrons. The van der Waals surface area contributed by atoms with E-state index in [1.807, 2.05) is 0 Å². The van der Waals surface area contributed by atoms with Gasteiger partial charge in [-0.15, -0.1) is 10.2 Å². The van der Waals surface area contributed by atoms with Gasteiger partial charge in [-0.05, 0) is 18.8 Å². The van der Waals surface area contributed by atoms with E-state index in [0.717, 1.165) is 5.92 Å². The monoisotopic (exact) mass is 241 g/mol. The summed E-state index contributed by atoms with van der Waals surface area (Å²) in [6.45, 7) is 2.60. The summed E-state index contributed by atoms with van der Waals surface area (Å²) in [6, 6.07) is 0. The second kappa shape index (κ2) is 5.68. The second-order valence-corrected chi connectivity index (χ2v) is 5.60. The first kappa shape index (κ1) is 11.9. The third-order valence-electron chi connectivity index (χ3n) is 3.20. The van der Waals surface area contributed by atoms with Gasteiger partial charge in [-0.25, -0.2) is 0 Å². The Morgan fingerprint density at radius 3 is 3.00 bits per heavy atom.